The fourth-order valence-electron chi connectivity index (χ4n) is 1.48. The number of ether oxygens (including phenoxy) is 1. The summed E-state index contributed by atoms with van der Waals surface area (Å²) in [6.07, 6.45) is 0. The molecule has 1 atom stereocenters. The third-order valence-corrected chi connectivity index (χ3v) is 8.23. The van der Waals surface area contributed by atoms with Crippen LogP contribution in [0, 0.1) is 0 Å². The van der Waals surface area contributed by atoms with Crippen LogP contribution in [0.15, 0.2) is 18.2 Å². The predicted octanol–water partition coefficient (Wildman–Crippen LogP) is 4.10. The first-order chi connectivity index (χ1) is 8.58. The zero-order chi connectivity index (χ0) is 14.8. The maximum atomic E-state index is 6.34. The molecule has 0 heterocycles. The van der Waals surface area contributed by atoms with Crippen molar-refractivity contribution >= 4 is 8.32 Å². The van der Waals surface area contributed by atoms with Gasteiger partial charge in [0.05, 0.1) is 7.11 Å². The van der Waals surface area contributed by atoms with E-state index in [9.17, 15) is 0 Å². The van der Waals surface area contributed by atoms with Gasteiger partial charge < -0.3 is 14.9 Å². The minimum Gasteiger partial charge on any atom is -0.541 e. The van der Waals surface area contributed by atoms with Gasteiger partial charge in [0.1, 0.15) is 5.75 Å². The van der Waals surface area contributed by atoms with Crippen LogP contribution in [0.25, 0.3) is 0 Å². The quantitative estimate of drug-likeness (QED) is 0.845. The molecule has 1 rings (SSSR count). The molecule has 0 aromatic heterocycles. The number of benzene rings is 1. The van der Waals surface area contributed by atoms with Crippen molar-refractivity contribution in [3.8, 4) is 11.5 Å². The minimum absolute atomic E-state index is 0.00679. The third kappa shape index (κ3) is 3.73. The Kier molecular flexibility index (Phi) is 4.69. The van der Waals surface area contributed by atoms with Gasteiger partial charge in [0.2, 0.25) is 0 Å². The number of hydrogen-bond donors (Lipinski definition) is 1. The smallest absolute Gasteiger partial charge is 0.250 e. The molecule has 1 aromatic carbocycles. The molecule has 0 bridgehead atoms. The molecule has 2 N–H and O–H groups in total. The van der Waals surface area contributed by atoms with Gasteiger partial charge in [-0.15, -0.1) is 0 Å². The molecule has 108 valence electrons. The van der Waals surface area contributed by atoms with Crippen LogP contribution in [0.1, 0.15) is 39.3 Å². The highest BCUT2D eigenvalue weighted by Crippen LogP contribution is 2.40. The lowest BCUT2D eigenvalue weighted by Crippen LogP contribution is -2.44. The Bertz CT molecular complexity index is 436. The van der Waals surface area contributed by atoms with Crippen molar-refractivity contribution in [1.29, 1.82) is 0 Å². The fraction of sp³-hybridized carbons (Fsp3) is 0.600. The molecule has 0 radical (unpaired) electrons. The van der Waals surface area contributed by atoms with Crippen molar-refractivity contribution in [3.05, 3.63) is 23.8 Å². The van der Waals surface area contributed by atoms with Crippen LogP contribution in [0.2, 0.25) is 18.1 Å². The van der Waals surface area contributed by atoms with Crippen molar-refractivity contribution in [2.45, 2.75) is 51.9 Å². The van der Waals surface area contributed by atoms with Crippen molar-refractivity contribution < 1.29 is 9.16 Å². The van der Waals surface area contributed by atoms with E-state index in [-0.39, 0.29) is 11.1 Å². The normalized spacial score (nSPS) is 14.1. The van der Waals surface area contributed by atoms with Crippen LogP contribution in [-0.2, 0) is 0 Å². The zero-order valence-electron chi connectivity index (χ0n) is 13.2. The molecular weight excluding hydrogens is 254 g/mol. The Morgan fingerprint density at radius 2 is 1.74 bits per heavy atom. The molecule has 0 aliphatic heterocycles. The molecule has 0 aliphatic rings. The zero-order valence-corrected chi connectivity index (χ0v) is 14.2. The highest BCUT2D eigenvalue weighted by Gasteiger charge is 2.39. The van der Waals surface area contributed by atoms with Crippen LogP contribution in [-0.4, -0.2) is 15.4 Å². The molecule has 0 fully saturated rings. The van der Waals surface area contributed by atoms with Crippen molar-refractivity contribution in [3.63, 3.8) is 0 Å². The lowest BCUT2D eigenvalue weighted by Gasteiger charge is -2.37. The molecule has 0 saturated carbocycles. The molecular formula is C15H27NO2Si. The standard InChI is InChI=1S/C15H27NO2Si/c1-11(16)12-8-9-13(17-5)14(10-12)18-19(6,7)15(2,3)4/h8-11H,16H2,1-7H3. The van der Waals surface area contributed by atoms with Crippen LogP contribution in [0.4, 0.5) is 0 Å². The van der Waals surface area contributed by atoms with Crippen LogP contribution < -0.4 is 14.9 Å². The molecule has 19 heavy (non-hydrogen) atoms. The molecule has 4 heteroatoms. The summed E-state index contributed by atoms with van der Waals surface area (Å²) in [7, 11) is -0.206. The van der Waals surface area contributed by atoms with Gasteiger partial charge in [0.25, 0.3) is 8.32 Å². The van der Waals surface area contributed by atoms with Crippen LogP contribution in [0.3, 0.4) is 0 Å². The Hall–Kier alpha value is -1.00. The second kappa shape index (κ2) is 5.55. The summed E-state index contributed by atoms with van der Waals surface area (Å²) >= 11 is 0. The maximum absolute atomic E-state index is 6.34. The lowest BCUT2D eigenvalue weighted by molar-refractivity contribution is 0.385. The third-order valence-electron chi connectivity index (χ3n) is 3.88. The van der Waals surface area contributed by atoms with E-state index in [1.54, 1.807) is 7.11 Å². The van der Waals surface area contributed by atoms with Gasteiger partial charge in [-0.1, -0.05) is 26.8 Å². The molecule has 0 aliphatic carbocycles. The second-order valence-electron chi connectivity index (χ2n) is 6.56. The van der Waals surface area contributed by atoms with Gasteiger partial charge in [-0.25, -0.2) is 0 Å². The highest BCUT2D eigenvalue weighted by molar-refractivity contribution is 6.74. The van der Waals surface area contributed by atoms with Gasteiger partial charge in [-0.2, -0.15) is 0 Å². The van der Waals surface area contributed by atoms with E-state index < -0.39 is 8.32 Å². The summed E-state index contributed by atoms with van der Waals surface area (Å²) in [5.74, 6) is 1.58. The van der Waals surface area contributed by atoms with Gasteiger partial charge in [-0.3, -0.25) is 0 Å². The predicted molar refractivity (Wildman–Crippen MR) is 83.4 cm³/mol. The minimum atomic E-state index is -1.87. The highest BCUT2D eigenvalue weighted by atomic mass is 28.4. The monoisotopic (exact) mass is 281 g/mol. The summed E-state index contributed by atoms with van der Waals surface area (Å²) in [4.78, 5) is 0. The first-order valence-electron chi connectivity index (χ1n) is 6.71. The van der Waals surface area contributed by atoms with E-state index in [0.717, 1.165) is 17.1 Å². The molecule has 1 unspecified atom stereocenters. The van der Waals surface area contributed by atoms with E-state index in [2.05, 4.69) is 33.9 Å². The SMILES string of the molecule is COc1ccc(C(C)N)cc1O[Si](C)(C)C(C)(C)C. The van der Waals surface area contributed by atoms with E-state index in [1.165, 1.54) is 0 Å². The number of nitrogens with two attached hydrogens (primary N) is 1. The number of methoxy groups -OCH3 is 1. The topological polar surface area (TPSA) is 44.5 Å². The molecule has 3 nitrogen and oxygen atoms in total. The number of hydrogen-bond acceptors (Lipinski definition) is 3. The van der Waals surface area contributed by atoms with E-state index in [4.69, 9.17) is 14.9 Å². The average Bonchev–Trinajstić information content (AvgIpc) is 2.26. The van der Waals surface area contributed by atoms with E-state index in [1.807, 2.05) is 25.1 Å². The van der Waals surface area contributed by atoms with Crippen molar-refractivity contribution in [2.75, 3.05) is 7.11 Å². The van der Waals surface area contributed by atoms with Gasteiger partial charge in [0.15, 0.2) is 5.75 Å². The molecule has 0 spiro atoms. The average molecular weight is 281 g/mol. The van der Waals surface area contributed by atoms with Crippen LogP contribution >= 0.6 is 0 Å². The summed E-state index contributed by atoms with van der Waals surface area (Å²) in [5.41, 5.74) is 7.00. The fourth-order valence-corrected chi connectivity index (χ4v) is 2.50. The van der Waals surface area contributed by atoms with Gasteiger partial charge in [-0.05, 0) is 42.8 Å². The summed E-state index contributed by atoms with van der Waals surface area (Å²) < 4.78 is 11.7. The molecule has 0 saturated heterocycles. The van der Waals surface area contributed by atoms with Crippen molar-refractivity contribution in [1.82, 2.24) is 0 Å². The summed E-state index contributed by atoms with van der Waals surface area (Å²) in [5, 5.41) is 0.155. The second-order valence-corrected chi connectivity index (χ2v) is 11.3. The summed E-state index contributed by atoms with van der Waals surface area (Å²) in [6.45, 7) is 13.1. The summed E-state index contributed by atoms with van der Waals surface area (Å²) in [6, 6.07) is 5.92. The molecule has 0 amide bonds. The maximum Gasteiger partial charge on any atom is 0.250 e. The van der Waals surface area contributed by atoms with Gasteiger partial charge in [0, 0.05) is 6.04 Å². The Labute approximate surface area is 118 Å². The molecule has 1 aromatic rings. The Morgan fingerprint density at radius 1 is 1.16 bits per heavy atom. The Balaban J connectivity index is 3.15. The lowest BCUT2D eigenvalue weighted by atomic mass is 10.1. The van der Waals surface area contributed by atoms with Crippen LogP contribution in [0.5, 0.6) is 11.5 Å². The van der Waals surface area contributed by atoms with Gasteiger partial charge >= 0.3 is 0 Å². The Morgan fingerprint density at radius 3 is 2.16 bits per heavy atom. The first kappa shape index (κ1) is 16.1. The van der Waals surface area contributed by atoms with Crippen molar-refractivity contribution in [2.24, 2.45) is 5.73 Å². The number of rotatable bonds is 4. The largest absolute Gasteiger partial charge is 0.541 e. The van der Waals surface area contributed by atoms with E-state index in [0.29, 0.717) is 0 Å². The van der Waals surface area contributed by atoms with E-state index >= 15 is 0 Å². The first-order valence-corrected chi connectivity index (χ1v) is 9.62.